The lowest BCUT2D eigenvalue weighted by Crippen LogP contribution is -2.30. The molecule has 1 N–H and O–H groups in total. The Morgan fingerprint density at radius 1 is 1.13 bits per heavy atom. The van der Waals surface area contributed by atoms with E-state index in [0.717, 1.165) is 77.4 Å². The van der Waals surface area contributed by atoms with Crippen LogP contribution in [0.2, 0.25) is 0 Å². The fourth-order valence-corrected chi connectivity index (χ4v) is 4.50. The average molecular weight is 584 g/mol. The fourth-order valence-electron chi connectivity index (χ4n) is 4.09. The second-order valence-electron chi connectivity index (χ2n) is 8.69. The lowest BCUT2D eigenvalue weighted by molar-refractivity contribution is 0.242. The molecule has 1 aliphatic rings. The van der Waals surface area contributed by atoms with Crippen LogP contribution in [0.5, 0.6) is 0 Å². The molecule has 0 bridgehead atoms. The van der Waals surface area contributed by atoms with E-state index < -0.39 is 0 Å². The Morgan fingerprint density at radius 3 is 2.45 bits per heavy atom. The molecule has 0 aliphatic carbocycles. The van der Waals surface area contributed by atoms with Crippen molar-refractivity contribution in [1.29, 1.82) is 0 Å². The first-order valence-corrected chi connectivity index (χ1v) is 13.9. The lowest BCUT2D eigenvalue weighted by Gasteiger charge is -2.21. The number of H-pyrrole nitrogens is 1. The van der Waals surface area contributed by atoms with E-state index in [1.807, 2.05) is 58.0 Å². The third-order valence-corrected chi connectivity index (χ3v) is 6.64. The van der Waals surface area contributed by atoms with Crippen LogP contribution in [-0.2, 0) is 17.8 Å². The van der Waals surface area contributed by atoms with Crippen molar-refractivity contribution in [3.8, 4) is 12.3 Å². The molecule has 0 unspecified atom stereocenters. The number of aromatic nitrogens is 2. The number of benzene rings is 2. The van der Waals surface area contributed by atoms with Gasteiger partial charge in [0.1, 0.15) is 17.4 Å². The van der Waals surface area contributed by atoms with Crippen LogP contribution >= 0.6 is 15.9 Å². The van der Waals surface area contributed by atoms with Gasteiger partial charge in [0, 0.05) is 35.7 Å². The summed E-state index contributed by atoms with van der Waals surface area (Å²) < 4.78 is 19.9. The standard InChI is InChI=1S/C20H22BrFN4.C9H12O.C2H6/c21-16-6-7-17(22)15(12-16)13-25-8-3-9-26(11-10-25)14-20-23-18-4-1-2-5-19(18)24-20;1-5-7-9(10-4)8(3)6-2;1-2/h1-2,4-7,12H,3,8-11,13-14H2,(H,23,24);1,6-7H,2-4H3;1-2H3/b;8-6-,9-7+;. The van der Waals surface area contributed by atoms with E-state index in [4.69, 9.17) is 11.2 Å². The largest absolute Gasteiger partial charge is 0.496 e. The summed E-state index contributed by atoms with van der Waals surface area (Å²) in [6.45, 7) is 13.3. The Hall–Kier alpha value is -2.92. The monoisotopic (exact) mass is 582 g/mol. The van der Waals surface area contributed by atoms with E-state index in [-0.39, 0.29) is 5.82 Å². The predicted octanol–water partition coefficient (Wildman–Crippen LogP) is 7.31. The number of fused-ring (bicyclic) bond motifs is 1. The topological polar surface area (TPSA) is 44.4 Å². The number of aromatic amines is 1. The summed E-state index contributed by atoms with van der Waals surface area (Å²) in [5, 5.41) is 0. The zero-order chi connectivity index (χ0) is 27.9. The Labute approximate surface area is 235 Å². The maximum atomic E-state index is 14.0. The Balaban J connectivity index is 0.000000360. The van der Waals surface area contributed by atoms with Gasteiger partial charge < -0.3 is 9.72 Å². The second-order valence-corrected chi connectivity index (χ2v) is 9.61. The molecule has 1 aromatic heterocycles. The first kappa shape index (κ1) is 31.3. The Morgan fingerprint density at radius 2 is 1.82 bits per heavy atom. The van der Waals surface area contributed by atoms with Gasteiger partial charge in [0.2, 0.25) is 0 Å². The van der Waals surface area contributed by atoms with Gasteiger partial charge in [-0.15, -0.1) is 6.42 Å². The number of methoxy groups -OCH3 is 1. The van der Waals surface area contributed by atoms with Crippen LogP contribution in [0.25, 0.3) is 11.0 Å². The van der Waals surface area contributed by atoms with Crippen LogP contribution in [0, 0.1) is 18.2 Å². The lowest BCUT2D eigenvalue weighted by atomic mass is 10.2. The van der Waals surface area contributed by atoms with Gasteiger partial charge in [-0.05, 0) is 69.3 Å². The van der Waals surface area contributed by atoms with E-state index in [0.29, 0.717) is 6.54 Å². The van der Waals surface area contributed by atoms with Gasteiger partial charge in [0.15, 0.2) is 0 Å². The van der Waals surface area contributed by atoms with Gasteiger partial charge in [-0.2, -0.15) is 0 Å². The molecule has 204 valence electrons. The van der Waals surface area contributed by atoms with Crippen LogP contribution in [0.4, 0.5) is 4.39 Å². The van der Waals surface area contributed by atoms with E-state index in [9.17, 15) is 4.39 Å². The first-order chi connectivity index (χ1) is 18.4. The molecule has 3 aromatic rings. The Bertz CT molecular complexity index is 1210. The molecule has 2 aromatic carbocycles. The maximum absolute atomic E-state index is 14.0. The zero-order valence-electron chi connectivity index (χ0n) is 23.2. The quantitative estimate of drug-likeness (QED) is 0.188. The Kier molecular flexibility index (Phi) is 13.9. The molecule has 1 saturated heterocycles. The molecule has 7 heteroatoms. The molecule has 0 radical (unpaired) electrons. The third-order valence-electron chi connectivity index (χ3n) is 6.15. The van der Waals surface area contributed by atoms with Crippen molar-refractivity contribution in [2.24, 2.45) is 0 Å². The summed E-state index contributed by atoms with van der Waals surface area (Å²) in [6.07, 6.45) is 9.70. The molecule has 0 amide bonds. The summed E-state index contributed by atoms with van der Waals surface area (Å²) >= 11 is 3.43. The summed E-state index contributed by atoms with van der Waals surface area (Å²) in [4.78, 5) is 12.8. The molecule has 4 rings (SSSR count). The van der Waals surface area contributed by atoms with Crippen molar-refractivity contribution < 1.29 is 9.13 Å². The molecular weight excluding hydrogens is 543 g/mol. The minimum absolute atomic E-state index is 0.128. The van der Waals surface area contributed by atoms with Crippen LogP contribution in [0.3, 0.4) is 0 Å². The van der Waals surface area contributed by atoms with E-state index in [2.05, 4.69) is 47.7 Å². The number of nitrogens with zero attached hydrogens (tertiary/aromatic N) is 3. The number of halogens is 2. The molecule has 1 aliphatic heterocycles. The molecule has 5 nitrogen and oxygen atoms in total. The first-order valence-electron chi connectivity index (χ1n) is 13.1. The second kappa shape index (κ2) is 16.8. The van der Waals surface area contributed by atoms with E-state index in [1.54, 1.807) is 19.3 Å². The molecule has 38 heavy (non-hydrogen) atoms. The number of allylic oxidation sites excluding steroid dienone is 3. The molecule has 0 atom stereocenters. The zero-order valence-corrected chi connectivity index (χ0v) is 24.8. The minimum atomic E-state index is -0.128. The van der Waals surface area contributed by atoms with E-state index in [1.165, 1.54) is 6.07 Å². The summed E-state index contributed by atoms with van der Waals surface area (Å²) in [7, 11) is 1.61. The van der Waals surface area contributed by atoms with Crippen molar-refractivity contribution >= 4 is 27.0 Å². The maximum Gasteiger partial charge on any atom is 0.129 e. The highest BCUT2D eigenvalue weighted by molar-refractivity contribution is 9.10. The molecule has 0 saturated carbocycles. The summed E-state index contributed by atoms with van der Waals surface area (Å²) in [5.74, 6) is 4.04. The van der Waals surface area contributed by atoms with Crippen LogP contribution in [0.1, 0.15) is 45.5 Å². The van der Waals surface area contributed by atoms with Gasteiger partial charge >= 0.3 is 0 Å². The summed E-state index contributed by atoms with van der Waals surface area (Å²) in [5.41, 5.74) is 3.92. The number of imidazole rings is 1. The van der Waals surface area contributed by atoms with Crippen molar-refractivity contribution in [2.45, 2.75) is 47.2 Å². The van der Waals surface area contributed by atoms with Crippen molar-refractivity contribution in [3.63, 3.8) is 0 Å². The highest BCUT2D eigenvalue weighted by atomic mass is 79.9. The normalized spacial score (nSPS) is 15.0. The smallest absolute Gasteiger partial charge is 0.129 e. The number of ether oxygens (including phenoxy) is 1. The average Bonchev–Trinajstić information content (AvgIpc) is 3.22. The minimum Gasteiger partial charge on any atom is -0.496 e. The summed E-state index contributed by atoms with van der Waals surface area (Å²) in [6, 6.07) is 13.3. The highest BCUT2D eigenvalue weighted by Crippen LogP contribution is 2.19. The molecular formula is C31H40BrFN4O. The number of hydrogen-bond donors (Lipinski definition) is 1. The highest BCUT2D eigenvalue weighted by Gasteiger charge is 2.17. The van der Waals surface area contributed by atoms with Crippen LogP contribution in [0.15, 0.2) is 70.4 Å². The fraction of sp³-hybridized carbons (Fsp3) is 0.387. The molecule has 2 heterocycles. The predicted molar refractivity (Wildman–Crippen MR) is 160 cm³/mol. The number of nitrogens with one attached hydrogen (secondary N) is 1. The molecule has 1 fully saturated rings. The van der Waals surface area contributed by atoms with Gasteiger partial charge in [-0.3, -0.25) is 9.80 Å². The number of hydrogen-bond acceptors (Lipinski definition) is 4. The van der Waals surface area contributed by atoms with E-state index >= 15 is 0 Å². The van der Waals surface area contributed by atoms with Crippen molar-refractivity contribution in [2.75, 3.05) is 33.3 Å². The van der Waals surface area contributed by atoms with Gasteiger partial charge in [0.25, 0.3) is 0 Å². The van der Waals surface area contributed by atoms with Gasteiger partial charge in [0.05, 0.1) is 24.7 Å². The van der Waals surface area contributed by atoms with Crippen molar-refractivity contribution in [1.82, 2.24) is 19.8 Å². The van der Waals surface area contributed by atoms with Crippen molar-refractivity contribution in [3.05, 3.63) is 87.6 Å². The number of rotatable bonds is 6. The number of para-hydroxylation sites is 2. The van der Waals surface area contributed by atoms with Gasteiger partial charge in [-0.1, -0.05) is 53.9 Å². The van der Waals surface area contributed by atoms with Crippen LogP contribution in [-0.4, -0.2) is 53.1 Å². The van der Waals surface area contributed by atoms with Crippen LogP contribution < -0.4 is 0 Å². The molecule has 0 spiro atoms. The van der Waals surface area contributed by atoms with Gasteiger partial charge in [-0.25, -0.2) is 9.37 Å². The third kappa shape index (κ3) is 9.75. The number of terminal acetylenes is 1. The SMILES string of the molecule is C#C/C=C(OC)\C(C)=C/C.CC.Fc1ccc(Br)cc1CN1CCCN(Cc2nc3ccccc3[nH]2)CC1.